The normalized spacial score (nSPS) is 11.0. The average Bonchev–Trinajstić information content (AvgIpc) is 2.45. The number of fused-ring (bicyclic) bond motifs is 1. The molecule has 0 atom stereocenters. The molecule has 0 spiro atoms. The summed E-state index contributed by atoms with van der Waals surface area (Å²) in [5.41, 5.74) is -0.592. The maximum atomic E-state index is 13.7. The molecule has 0 aliphatic rings. The van der Waals surface area contributed by atoms with Crippen LogP contribution in [0.1, 0.15) is 0 Å². The minimum absolute atomic E-state index is 0.0945. The lowest BCUT2D eigenvalue weighted by Crippen LogP contribution is -1.98. The van der Waals surface area contributed by atoms with Gasteiger partial charge in [-0.2, -0.15) is 0 Å². The number of halogens is 4. The van der Waals surface area contributed by atoms with Crippen molar-refractivity contribution in [1.82, 2.24) is 0 Å². The van der Waals surface area contributed by atoms with Gasteiger partial charge >= 0.3 is 0 Å². The van der Waals surface area contributed by atoms with Gasteiger partial charge in [-0.3, -0.25) is 0 Å². The van der Waals surface area contributed by atoms with Crippen LogP contribution >= 0.6 is 0 Å². The van der Waals surface area contributed by atoms with Crippen molar-refractivity contribution in [2.24, 2.45) is 0 Å². The maximum Gasteiger partial charge on any atom is 0.169 e. The molecule has 0 nitrogen and oxygen atoms in total. The molecule has 3 rings (SSSR count). The molecule has 0 heterocycles. The molecule has 0 saturated heterocycles. The van der Waals surface area contributed by atoms with Crippen LogP contribution in [-0.2, 0) is 0 Å². The molecule has 0 aromatic heterocycles. The van der Waals surface area contributed by atoms with E-state index in [-0.39, 0.29) is 11.6 Å². The van der Waals surface area contributed by atoms with E-state index in [4.69, 9.17) is 0 Å². The second-order valence-corrected chi connectivity index (χ2v) is 4.41. The van der Waals surface area contributed by atoms with Gasteiger partial charge in [-0.05, 0) is 22.4 Å². The summed E-state index contributed by atoms with van der Waals surface area (Å²) in [6, 6.07) is 12.0. The van der Waals surface area contributed by atoms with Crippen LogP contribution in [-0.4, -0.2) is 0 Å². The molecule has 0 amide bonds. The van der Waals surface area contributed by atoms with Crippen LogP contribution in [0.15, 0.2) is 48.5 Å². The lowest BCUT2D eigenvalue weighted by atomic mass is 10.00. The first-order valence-electron chi connectivity index (χ1n) is 5.90. The van der Waals surface area contributed by atoms with Crippen LogP contribution in [0.5, 0.6) is 0 Å². The molecule has 100 valence electrons. The molecule has 0 unspecified atom stereocenters. The molecule has 0 N–H and O–H groups in total. The summed E-state index contributed by atoms with van der Waals surface area (Å²) in [5.74, 6) is -5.60. The van der Waals surface area contributed by atoms with Gasteiger partial charge in [0.2, 0.25) is 0 Å². The summed E-state index contributed by atoms with van der Waals surface area (Å²) in [6.45, 7) is 0. The quantitative estimate of drug-likeness (QED) is 0.430. The summed E-state index contributed by atoms with van der Waals surface area (Å²) in [5, 5.41) is 1.60. The van der Waals surface area contributed by atoms with E-state index in [1.807, 2.05) is 12.1 Å². The molecule has 0 aliphatic heterocycles. The Hall–Kier alpha value is -2.36. The molecule has 0 saturated carbocycles. The van der Waals surface area contributed by atoms with Gasteiger partial charge in [-0.15, -0.1) is 0 Å². The van der Waals surface area contributed by atoms with E-state index in [1.165, 1.54) is 12.1 Å². The van der Waals surface area contributed by atoms with Gasteiger partial charge in [-0.1, -0.05) is 36.4 Å². The summed E-state index contributed by atoms with van der Waals surface area (Å²) in [6.07, 6.45) is 0. The lowest BCUT2D eigenvalue weighted by Gasteiger charge is -2.08. The van der Waals surface area contributed by atoms with E-state index in [9.17, 15) is 17.6 Å². The standard InChI is InChI=1S/C16H8F4/c17-12-8-13(18)16(20)14(15(12)19)11-6-5-9-3-1-2-4-10(9)7-11/h1-8H. The van der Waals surface area contributed by atoms with E-state index in [0.717, 1.165) is 10.8 Å². The molecule has 0 aliphatic carbocycles. The summed E-state index contributed by atoms with van der Waals surface area (Å²) < 4.78 is 54.0. The zero-order chi connectivity index (χ0) is 14.3. The molecular weight excluding hydrogens is 268 g/mol. The van der Waals surface area contributed by atoms with E-state index in [0.29, 0.717) is 0 Å². The smallest absolute Gasteiger partial charge is 0.169 e. The van der Waals surface area contributed by atoms with Gasteiger partial charge in [-0.25, -0.2) is 17.6 Å². The second-order valence-electron chi connectivity index (χ2n) is 4.41. The van der Waals surface area contributed by atoms with E-state index in [1.54, 1.807) is 18.2 Å². The van der Waals surface area contributed by atoms with Gasteiger partial charge in [0.1, 0.15) is 0 Å². The van der Waals surface area contributed by atoms with Crippen molar-refractivity contribution in [3.63, 3.8) is 0 Å². The van der Waals surface area contributed by atoms with Crippen molar-refractivity contribution >= 4 is 10.8 Å². The first-order chi connectivity index (χ1) is 9.58. The monoisotopic (exact) mass is 276 g/mol. The van der Waals surface area contributed by atoms with Crippen LogP contribution < -0.4 is 0 Å². The third kappa shape index (κ3) is 1.93. The Balaban J connectivity index is 2.30. The van der Waals surface area contributed by atoms with Crippen LogP contribution in [0.3, 0.4) is 0 Å². The second kappa shape index (κ2) is 4.63. The predicted molar refractivity (Wildman–Crippen MR) is 69.2 cm³/mol. The van der Waals surface area contributed by atoms with Crippen LogP contribution in [0.25, 0.3) is 21.9 Å². The maximum absolute atomic E-state index is 13.7. The van der Waals surface area contributed by atoms with Crippen LogP contribution in [0, 0.1) is 23.3 Å². The number of benzene rings is 3. The number of hydrogen-bond donors (Lipinski definition) is 0. The minimum Gasteiger partial charge on any atom is -0.204 e. The Bertz CT molecular complexity index is 783. The third-order valence-electron chi connectivity index (χ3n) is 3.15. The Kier molecular flexibility index (Phi) is 2.93. The fraction of sp³-hybridized carbons (Fsp3) is 0. The highest BCUT2D eigenvalue weighted by molar-refractivity contribution is 5.87. The molecule has 0 radical (unpaired) electrons. The first-order valence-corrected chi connectivity index (χ1v) is 5.90. The summed E-state index contributed by atoms with van der Waals surface area (Å²) >= 11 is 0. The Morgan fingerprint density at radius 3 is 1.85 bits per heavy atom. The zero-order valence-corrected chi connectivity index (χ0v) is 10.1. The highest BCUT2D eigenvalue weighted by Crippen LogP contribution is 2.31. The van der Waals surface area contributed by atoms with Gasteiger partial charge in [0.15, 0.2) is 23.3 Å². The topological polar surface area (TPSA) is 0 Å². The molecule has 0 fully saturated rings. The van der Waals surface area contributed by atoms with Crippen molar-refractivity contribution in [3.8, 4) is 11.1 Å². The zero-order valence-electron chi connectivity index (χ0n) is 10.1. The molecule has 3 aromatic carbocycles. The van der Waals surface area contributed by atoms with Gasteiger partial charge in [0.25, 0.3) is 0 Å². The predicted octanol–water partition coefficient (Wildman–Crippen LogP) is 5.06. The van der Waals surface area contributed by atoms with Crippen LogP contribution in [0.2, 0.25) is 0 Å². The lowest BCUT2D eigenvalue weighted by molar-refractivity contribution is 0.458. The number of rotatable bonds is 1. The first kappa shape index (κ1) is 12.7. The Labute approximate surface area is 112 Å². The summed E-state index contributed by atoms with van der Waals surface area (Å²) in [4.78, 5) is 0. The molecule has 20 heavy (non-hydrogen) atoms. The van der Waals surface area contributed by atoms with Crippen molar-refractivity contribution in [2.45, 2.75) is 0 Å². The largest absolute Gasteiger partial charge is 0.204 e. The Morgan fingerprint density at radius 1 is 0.600 bits per heavy atom. The third-order valence-corrected chi connectivity index (χ3v) is 3.15. The van der Waals surface area contributed by atoms with E-state index in [2.05, 4.69) is 0 Å². The Morgan fingerprint density at radius 2 is 1.20 bits per heavy atom. The molecule has 0 bridgehead atoms. The fourth-order valence-electron chi connectivity index (χ4n) is 2.17. The van der Waals surface area contributed by atoms with Gasteiger partial charge < -0.3 is 0 Å². The minimum atomic E-state index is -1.41. The van der Waals surface area contributed by atoms with Crippen molar-refractivity contribution in [3.05, 3.63) is 71.8 Å². The molecular formula is C16H8F4. The van der Waals surface area contributed by atoms with Gasteiger partial charge in [0.05, 0.1) is 5.56 Å². The van der Waals surface area contributed by atoms with Crippen molar-refractivity contribution in [2.75, 3.05) is 0 Å². The van der Waals surface area contributed by atoms with E-state index < -0.39 is 28.8 Å². The van der Waals surface area contributed by atoms with E-state index >= 15 is 0 Å². The van der Waals surface area contributed by atoms with Crippen molar-refractivity contribution in [1.29, 1.82) is 0 Å². The SMILES string of the molecule is Fc1cc(F)c(F)c(-c2ccc3ccccc3c2)c1F. The number of hydrogen-bond acceptors (Lipinski definition) is 0. The highest BCUT2D eigenvalue weighted by Gasteiger charge is 2.20. The summed E-state index contributed by atoms with van der Waals surface area (Å²) in [7, 11) is 0. The van der Waals surface area contributed by atoms with Gasteiger partial charge in [0, 0.05) is 6.07 Å². The highest BCUT2D eigenvalue weighted by atomic mass is 19.2. The molecule has 3 aromatic rings. The van der Waals surface area contributed by atoms with Crippen molar-refractivity contribution < 1.29 is 17.6 Å². The molecule has 4 heteroatoms. The fourth-order valence-corrected chi connectivity index (χ4v) is 2.17. The van der Waals surface area contributed by atoms with Crippen LogP contribution in [0.4, 0.5) is 17.6 Å². The average molecular weight is 276 g/mol.